The zero-order valence-corrected chi connectivity index (χ0v) is 9.81. The molecule has 0 N–H and O–H groups in total. The Balaban J connectivity index is 2.73. The van der Waals surface area contributed by atoms with Crippen LogP contribution in [0.4, 0.5) is 0 Å². The van der Waals surface area contributed by atoms with Crippen LogP contribution in [-0.4, -0.2) is 19.6 Å². The molecule has 0 heterocycles. The van der Waals surface area contributed by atoms with Crippen LogP contribution in [0.1, 0.15) is 11.5 Å². The van der Waals surface area contributed by atoms with E-state index in [0.717, 1.165) is 4.47 Å². The molecule has 0 aromatic heterocycles. The van der Waals surface area contributed by atoms with Gasteiger partial charge in [-0.1, -0.05) is 28.1 Å². The van der Waals surface area contributed by atoms with Crippen LogP contribution >= 0.6 is 27.5 Å². The molecule has 1 aromatic rings. The van der Waals surface area contributed by atoms with Crippen molar-refractivity contribution in [3.05, 3.63) is 34.3 Å². The smallest absolute Gasteiger partial charge is 0.0542 e. The number of methoxy groups -OCH3 is 1. The number of alkyl halides is 1. The number of hydrogen-bond acceptors (Lipinski definition) is 1. The second-order valence-electron chi connectivity index (χ2n) is 2.86. The second kappa shape index (κ2) is 5.63. The van der Waals surface area contributed by atoms with Gasteiger partial charge in [-0.2, -0.15) is 0 Å². The highest BCUT2D eigenvalue weighted by Gasteiger charge is 2.09. The molecule has 1 rings (SSSR count). The number of ether oxygens (including phenoxy) is 1. The molecule has 0 aliphatic carbocycles. The molecular weight excluding hydrogens is 251 g/mol. The minimum Gasteiger partial charge on any atom is -0.384 e. The van der Waals surface area contributed by atoms with Gasteiger partial charge in [0.2, 0.25) is 0 Å². The van der Waals surface area contributed by atoms with Crippen LogP contribution < -0.4 is 0 Å². The van der Waals surface area contributed by atoms with Crippen molar-refractivity contribution in [3.63, 3.8) is 0 Å². The van der Waals surface area contributed by atoms with Crippen molar-refractivity contribution in [2.75, 3.05) is 19.6 Å². The van der Waals surface area contributed by atoms with Gasteiger partial charge in [-0.25, -0.2) is 0 Å². The number of rotatable bonds is 4. The number of hydrogen-bond donors (Lipinski definition) is 0. The zero-order chi connectivity index (χ0) is 9.68. The third-order valence-electron chi connectivity index (χ3n) is 1.90. The van der Waals surface area contributed by atoms with E-state index in [2.05, 4.69) is 28.1 Å². The van der Waals surface area contributed by atoms with E-state index in [9.17, 15) is 0 Å². The minimum atomic E-state index is 0.291. The molecule has 0 spiro atoms. The Morgan fingerprint density at radius 3 is 2.46 bits per heavy atom. The summed E-state index contributed by atoms with van der Waals surface area (Å²) in [6, 6.07) is 8.17. The first-order valence-electron chi connectivity index (χ1n) is 4.08. The van der Waals surface area contributed by atoms with Gasteiger partial charge in [-0.05, 0) is 17.7 Å². The third kappa shape index (κ3) is 3.29. The quantitative estimate of drug-likeness (QED) is 0.757. The van der Waals surface area contributed by atoms with Crippen LogP contribution in [-0.2, 0) is 4.74 Å². The average molecular weight is 264 g/mol. The summed E-state index contributed by atoms with van der Waals surface area (Å²) in [6.45, 7) is 0.672. The van der Waals surface area contributed by atoms with Crippen LogP contribution in [0.15, 0.2) is 28.7 Å². The maximum Gasteiger partial charge on any atom is 0.0542 e. The molecule has 0 aliphatic heterocycles. The van der Waals surface area contributed by atoms with Gasteiger partial charge >= 0.3 is 0 Å². The van der Waals surface area contributed by atoms with Crippen molar-refractivity contribution in [1.29, 1.82) is 0 Å². The molecule has 1 aromatic carbocycles. The van der Waals surface area contributed by atoms with Crippen molar-refractivity contribution in [2.45, 2.75) is 5.92 Å². The monoisotopic (exact) mass is 262 g/mol. The fourth-order valence-corrected chi connectivity index (χ4v) is 1.70. The molecule has 0 saturated heterocycles. The maximum absolute atomic E-state index is 5.83. The largest absolute Gasteiger partial charge is 0.384 e. The maximum atomic E-state index is 5.83. The first-order valence-corrected chi connectivity index (χ1v) is 5.41. The highest BCUT2D eigenvalue weighted by molar-refractivity contribution is 9.10. The van der Waals surface area contributed by atoms with Crippen molar-refractivity contribution >= 4 is 27.5 Å². The van der Waals surface area contributed by atoms with E-state index >= 15 is 0 Å². The lowest BCUT2D eigenvalue weighted by atomic mass is 10.0. The van der Waals surface area contributed by atoms with Gasteiger partial charge in [0.25, 0.3) is 0 Å². The van der Waals surface area contributed by atoms with E-state index in [1.165, 1.54) is 5.56 Å². The summed E-state index contributed by atoms with van der Waals surface area (Å²) in [4.78, 5) is 0. The van der Waals surface area contributed by atoms with Gasteiger partial charge in [0.05, 0.1) is 6.61 Å². The average Bonchev–Trinajstić information content (AvgIpc) is 2.16. The van der Waals surface area contributed by atoms with Gasteiger partial charge in [-0.15, -0.1) is 11.6 Å². The molecule has 0 radical (unpaired) electrons. The molecule has 0 aliphatic rings. The third-order valence-corrected chi connectivity index (χ3v) is 2.80. The molecule has 3 heteroatoms. The summed E-state index contributed by atoms with van der Waals surface area (Å²) in [5.41, 5.74) is 1.22. The van der Waals surface area contributed by atoms with E-state index < -0.39 is 0 Å². The van der Waals surface area contributed by atoms with Crippen LogP contribution in [0.25, 0.3) is 0 Å². The molecule has 1 nitrogen and oxygen atoms in total. The predicted molar refractivity (Wildman–Crippen MR) is 59.5 cm³/mol. The van der Waals surface area contributed by atoms with Crippen molar-refractivity contribution < 1.29 is 4.74 Å². The summed E-state index contributed by atoms with van der Waals surface area (Å²) < 4.78 is 6.17. The molecule has 0 bridgehead atoms. The second-order valence-corrected chi connectivity index (χ2v) is 4.08. The lowest BCUT2D eigenvalue weighted by Gasteiger charge is -2.12. The predicted octanol–water partition coefficient (Wildman–Crippen LogP) is 3.42. The van der Waals surface area contributed by atoms with Crippen LogP contribution in [0, 0.1) is 0 Å². The van der Waals surface area contributed by atoms with Gasteiger partial charge in [0.15, 0.2) is 0 Å². The summed E-state index contributed by atoms with van der Waals surface area (Å²) in [5.74, 6) is 0.884. The molecule has 1 unspecified atom stereocenters. The Kier molecular flexibility index (Phi) is 4.78. The minimum absolute atomic E-state index is 0.291. The van der Waals surface area contributed by atoms with Gasteiger partial charge in [-0.3, -0.25) is 0 Å². The molecule has 13 heavy (non-hydrogen) atoms. The van der Waals surface area contributed by atoms with Gasteiger partial charge in [0, 0.05) is 23.4 Å². The highest BCUT2D eigenvalue weighted by atomic mass is 79.9. The van der Waals surface area contributed by atoms with Crippen molar-refractivity contribution in [3.8, 4) is 0 Å². The zero-order valence-electron chi connectivity index (χ0n) is 7.47. The summed E-state index contributed by atoms with van der Waals surface area (Å²) in [6.07, 6.45) is 0. The van der Waals surface area contributed by atoms with Gasteiger partial charge < -0.3 is 4.74 Å². The molecule has 0 amide bonds. The van der Waals surface area contributed by atoms with E-state index in [0.29, 0.717) is 18.4 Å². The Morgan fingerprint density at radius 1 is 1.38 bits per heavy atom. The van der Waals surface area contributed by atoms with Crippen LogP contribution in [0.2, 0.25) is 0 Å². The van der Waals surface area contributed by atoms with Gasteiger partial charge in [0.1, 0.15) is 0 Å². The number of benzene rings is 1. The normalized spacial score (nSPS) is 12.8. The molecule has 0 fully saturated rings. The fourth-order valence-electron chi connectivity index (χ4n) is 1.17. The first kappa shape index (κ1) is 11.0. The van der Waals surface area contributed by atoms with Crippen LogP contribution in [0.5, 0.6) is 0 Å². The van der Waals surface area contributed by atoms with E-state index in [4.69, 9.17) is 16.3 Å². The SMILES string of the molecule is COCC(CCl)c1ccc(Br)cc1. The molecule has 72 valence electrons. The highest BCUT2D eigenvalue weighted by Crippen LogP contribution is 2.20. The summed E-state index contributed by atoms with van der Waals surface area (Å²) in [7, 11) is 1.69. The molecule has 1 atom stereocenters. The molecular formula is C10H12BrClO. The number of halogens is 2. The lowest BCUT2D eigenvalue weighted by molar-refractivity contribution is 0.185. The van der Waals surface area contributed by atoms with E-state index in [1.54, 1.807) is 7.11 Å². The van der Waals surface area contributed by atoms with Crippen molar-refractivity contribution in [1.82, 2.24) is 0 Å². The fraction of sp³-hybridized carbons (Fsp3) is 0.400. The Labute approximate surface area is 92.2 Å². The first-order chi connectivity index (χ1) is 6.27. The Hall–Kier alpha value is -0.0500. The van der Waals surface area contributed by atoms with E-state index in [-0.39, 0.29) is 0 Å². The van der Waals surface area contributed by atoms with Crippen molar-refractivity contribution in [2.24, 2.45) is 0 Å². The topological polar surface area (TPSA) is 9.23 Å². The van der Waals surface area contributed by atoms with Crippen LogP contribution in [0.3, 0.4) is 0 Å². The summed E-state index contributed by atoms with van der Waals surface area (Å²) >= 11 is 9.22. The van der Waals surface area contributed by atoms with E-state index in [1.807, 2.05) is 12.1 Å². The molecule has 0 saturated carbocycles. The standard InChI is InChI=1S/C10H12BrClO/c1-13-7-9(6-12)8-2-4-10(11)5-3-8/h2-5,9H,6-7H2,1H3. The Bertz CT molecular complexity index is 248. The summed E-state index contributed by atoms with van der Waals surface area (Å²) in [5, 5.41) is 0. The Morgan fingerprint density at radius 2 is 2.00 bits per heavy atom. The lowest BCUT2D eigenvalue weighted by Crippen LogP contribution is -2.07.